The first-order valence-electron chi connectivity index (χ1n) is 5.89. The molecule has 0 aromatic heterocycles. The van der Waals surface area contributed by atoms with Gasteiger partial charge in [-0.2, -0.15) is 21.8 Å². The Kier molecular flexibility index (Phi) is 4.04. The molecule has 16 heavy (non-hydrogen) atoms. The Labute approximate surface area is 105 Å². The van der Waals surface area contributed by atoms with E-state index in [2.05, 4.69) is 59.8 Å². The third kappa shape index (κ3) is 2.33. The van der Waals surface area contributed by atoms with Crippen LogP contribution < -0.4 is 0 Å². The molecule has 0 atom stereocenters. The fourth-order valence-corrected chi connectivity index (χ4v) is 7.22. The van der Waals surface area contributed by atoms with Crippen molar-refractivity contribution in [3.63, 3.8) is 0 Å². The van der Waals surface area contributed by atoms with Gasteiger partial charge in [0, 0.05) is 4.08 Å². The van der Waals surface area contributed by atoms with Crippen molar-refractivity contribution < 1.29 is 0 Å². The van der Waals surface area contributed by atoms with Crippen LogP contribution in [-0.2, 0) is 0 Å². The van der Waals surface area contributed by atoms with Crippen molar-refractivity contribution in [1.29, 1.82) is 0 Å². The molecule has 2 aliphatic rings. The lowest BCUT2D eigenvalue weighted by Crippen LogP contribution is -2.21. The summed E-state index contributed by atoms with van der Waals surface area (Å²) in [6, 6.07) is 0. The second kappa shape index (κ2) is 5.33. The SMILES string of the molecule is [CH2]C(CCCC)([SH]1C=CC=C1)[SH]1C=CC=C1. The zero-order valence-corrected chi connectivity index (χ0v) is 11.6. The molecule has 2 heterocycles. The molecule has 0 nitrogen and oxygen atoms in total. The molecule has 2 rings (SSSR count). The number of hydrogen-bond acceptors (Lipinski definition) is 0. The van der Waals surface area contributed by atoms with Crippen LogP contribution in [0.1, 0.15) is 26.2 Å². The second-order valence-corrected chi connectivity index (χ2v) is 9.15. The Hall–Kier alpha value is -0.340. The predicted molar refractivity (Wildman–Crippen MR) is 82.1 cm³/mol. The monoisotopic (exact) mass is 253 g/mol. The molecule has 0 unspecified atom stereocenters. The van der Waals surface area contributed by atoms with Gasteiger partial charge in [-0.05, 0) is 35.0 Å². The Morgan fingerprint density at radius 3 is 1.75 bits per heavy atom. The third-order valence-electron chi connectivity index (χ3n) is 3.10. The summed E-state index contributed by atoms with van der Waals surface area (Å²) in [6.45, 7) is 6.89. The summed E-state index contributed by atoms with van der Waals surface area (Å²) in [4.78, 5) is 0. The lowest BCUT2D eigenvalue weighted by molar-refractivity contribution is 0.713. The molecule has 0 aliphatic carbocycles. The molecule has 0 amide bonds. The number of allylic oxidation sites excluding steroid dienone is 4. The number of thiol groups is 2. The molecule has 0 aromatic carbocycles. The Morgan fingerprint density at radius 1 is 0.938 bits per heavy atom. The minimum absolute atomic E-state index is 0.159. The van der Waals surface area contributed by atoms with Crippen molar-refractivity contribution in [2.45, 2.75) is 30.3 Å². The highest BCUT2D eigenvalue weighted by atomic mass is 32.3. The van der Waals surface area contributed by atoms with Gasteiger partial charge >= 0.3 is 0 Å². The van der Waals surface area contributed by atoms with E-state index in [9.17, 15) is 0 Å². The van der Waals surface area contributed by atoms with Crippen molar-refractivity contribution in [3.05, 3.63) is 52.9 Å². The molecule has 0 N–H and O–H groups in total. The average Bonchev–Trinajstić information content (AvgIpc) is 2.96. The van der Waals surface area contributed by atoms with E-state index in [0.717, 1.165) is 0 Å². The summed E-state index contributed by atoms with van der Waals surface area (Å²) < 4.78 is 0.244. The van der Waals surface area contributed by atoms with Crippen LogP contribution in [0.25, 0.3) is 0 Å². The molecule has 0 saturated carbocycles. The van der Waals surface area contributed by atoms with E-state index in [1.165, 1.54) is 19.3 Å². The van der Waals surface area contributed by atoms with Crippen LogP contribution in [0, 0.1) is 6.92 Å². The lowest BCUT2D eigenvalue weighted by Gasteiger charge is -2.42. The summed E-state index contributed by atoms with van der Waals surface area (Å²) in [7, 11) is -0.318. The number of hydrogen-bond donors (Lipinski definition) is 2. The maximum Gasteiger partial charge on any atom is 0.0387 e. The molecular weight excluding hydrogens is 232 g/mol. The van der Waals surface area contributed by atoms with E-state index >= 15 is 0 Å². The van der Waals surface area contributed by atoms with Gasteiger partial charge in [-0.25, -0.2) is 0 Å². The minimum Gasteiger partial charge on any atom is -0.199 e. The second-order valence-electron chi connectivity index (χ2n) is 4.27. The molecule has 2 heteroatoms. The first-order valence-corrected chi connectivity index (χ1v) is 8.85. The zero-order chi connectivity index (χ0) is 11.4. The fraction of sp³-hybridized carbons (Fsp3) is 0.357. The topological polar surface area (TPSA) is 0 Å². The first-order chi connectivity index (χ1) is 7.77. The standard InChI is InChI=1S/C14H21S2/c1-3-4-9-14(2,15-10-5-6-11-15)16-12-7-8-13-16/h5-8,10-13,15-16H,2-4,9H2,1H3. The van der Waals surface area contributed by atoms with Gasteiger partial charge < -0.3 is 0 Å². The lowest BCUT2D eigenvalue weighted by atomic mass is 10.2. The van der Waals surface area contributed by atoms with Crippen LogP contribution in [0.2, 0.25) is 0 Å². The van der Waals surface area contributed by atoms with Crippen molar-refractivity contribution in [2.75, 3.05) is 0 Å². The van der Waals surface area contributed by atoms with E-state index in [0.29, 0.717) is 0 Å². The molecule has 0 fully saturated rings. The van der Waals surface area contributed by atoms with Gasteiger partial charge in [0.25, 0.3) is 0 Å². The Balaban J connectivity index is 2.17. The summed E-state index contributed by atoms with van der Waals surface area (Å²) in [5, 5.41) is 9.50. The van der Waals surface area contributed by atoms with E-state index < -0.39 is 0 Å². The highest BCUT2D eigenvalue weighted by molar-refractivity contribution is 8.39. The highest BCUT2D eigenvalue weighted by Gasteiger charge is 2.33. The summed E-state index contributed by atoms with van der Waals surface area (Å²) in [5.74, 6) is 0. The Bertz CT molecular complexity index is 298. The molecule has 1 radical (unpaired) electrons. The number of unbranched alkanes of at least 4 members (excludes halogenated alkanes) is 1. The maximum absolute atomic E-state index is 4.62. The fourth-order valence-electron chi connectivity index (χ4n) is 2.08. The van der Waals surface area contributed by atoms with Crippen molar-refractivity contribution in [1.82, 2.24) is 0 Å². The van der Waals surface area contributed by atoms with Crippen LogP contribution in [0.5, 0.6) is 0 Å². The van der Waals surface area contributed by atoms with Gasteiger partial charge in [0.05, 0.1) is 0 Å². The van der Waals surface area contributed by atoms with E-state index in [1.54, 1.807) is 0 Å². The van der Waals surface area contributed by atoms with Gasteiger partial charge in [-0.1, -0.05) is 44.1 Å². The molecule has 2 aliphatic heterocycles. The van der Waals surface area contributed by atoms with E-state index in [1.807, 2.05) is 0 Å². The van der Waals surface area contributed by atoms with Gasteiger partial charge in [0.2, 0.25) is 0 Å². The van der Waals surface area contributed by atoms with Gasteiger partial charge in [-0.3, -0.25) is 0 Å². The van der Waals surface area contributed by atoms with E-state index in [4.69, 9.17) is 0 Å². The van der Waals surface area contributed by atoms with Crippen LogP contribution in [0.3, 0.4) is 0 Å². The minimum atomic E-state index is -0.159. The van der Waals surface area contributed by atoms with Gasteiger partial charge in [-0.15, -0.1) is 0 Å². The third-order valence-corrected chi connectivity index (χ3v) is 8.83. The highest BCUT2D eigenvalue weighted by Crippen LogP contribution is 2.63. The van der Waals surface area contributed by atoms with Crippen LogP contribution >= 0.6 is 21.8 Å². The molecule has 0 aromatic rings. The van der Waals surface area contributed by atoms with Crippen molar-refractivity contribution in [2.24, 2.45) is 0 Å². The molecular formula is C14H21S2. The van der Waals surface area contributed by atoms with Gasteiger partial charge in [0.1, 0.15) is 0 Å². The smallest absolute Gasteiger partial charge is 0.0387 e. The van der Waals surface area contributed by atoms with Crippen molar-refractivity contribution >= 4 is 21.8 Å². The normalized spacial score (nSPS) is 22.6. The quantitative estimate of drug-likeness (QED) is 0.647. The predicted octanol–water partition coefficient (Wildman–Crippen LogP) is 4.79. The zero-order valence-electron chi connectivity index (χ0n) is 9.84. The van der Waals surface area contributed by atoms with Gasteiger partial charge in [0.15, 0.2) is 0 Å². The largest absolute Gasteiger partial charge is 0.199 e. The van der Waals surface area contributed by atoms with E-state index in [-0.39, 0.29) is 25.9 Å². The summed E-state index contributed by atoms with van der Waals surface area (Å²) in [5.41, 5.74) is 0. The molecule has 0 bridgehead atoms. The van der Waals surface area contributed by atoms with Crippen LogP contribution in [0.4, 0.5) is 0 Å². The first kappa shape index (κ1) is 12.1. The number of rotatable bonds is 5. The summed E-state index contributed by atoms with van der Waals surface area (Å²) >= 11 is 0. The maximum atomic E-state index is 4.62. The summed E-state index contributed by atoms with van der Waals surface area (Å²) in [6.07, 6.45) is 12.6. The van der Waals surface area contributed by atoms with Crippen LogP contribution in [-0.4, -0.2) is 4.08 Å². The molecule has 0 saturated heterocycles. The van der Waals surface area contributed by atoms with Crippen molar-refractivity contribution in [3.8, 4) is 0 Å². The average molecular weight is 253 g/mol. The molecule has 0 spiro atoms. The van der Waals surface area contributed by atoms with Crippen LogP contribution in [0.15, 0.2) is 45.9 Å². The Morgan fingerprint density at radius 2 is 1.38 bits per heavy atom. The molecule has 89 valence electrons.